The van der Waals surface area contributed by atoms with Crippen LogP contribution in [-0.2, 0) is 0 Å². The van der Waals surface area contributed by atoms with E-state index < -0.39 is 22.3 Å². The van der Waals surface area contributed by atoms with Crippen molar-refractivity contribution in [1.82, 2.24) is 0 Å². The van der Waals surface area contributed by atoms with Crippen LogP contribution < -0.4 is 5.11 Å². The van der Waals surface area contributed by atoms with Crippen LogP contribution >= 0.6 is 0 Å². The van der Waals surface area contributed by atoms with Crippen LogP contribution in [0.3, 0.4) is 0 Å². The van der Waals surface area contributed by atoms with Crippen LogP contribution in [0.5, 0.6) is 5.75 Å². The summed E-state index contributed by atoms with van der Waals surface area (Å²) in [7, 11) is 0. The van der Waals surface area contributed by atoms with E-state index in [0.717, 1.165) is 42.6 Å². The zero-order chi connectivity index (χ0) is 14.7. The molecule has 0 spiro atoms. The Kier molecular flexibility index (Phi) is 3.69. The van der Waals surface area contributed by atoms with Crippen molar-refractivity contribution in [1.29, 1.82) is 0 Å². The molecule has 0 saturated heterocycles. The third-order valence-corrected chi connectivity index (χ3v) is 2.46. The number of non-ortho nitro benzene ring substituents is 1. The number of hydrogen-bond acceptors (Lipinski definition) is 4. The van der Waals surface area contributed by atoms with E-state index in [0.29, 0.717) is 0 Å². The first kappa shape index (κ1) is 13.6. The fourth-order valence-corrected chi connectivity index (χ4v) is 1.47. The van der Waals surface area contributed by atoms with Crippen LogP contribution in [0, 0.1) is 21.7 Å². The van der Waals surface area contributed by atoms with Crippen molar-refractivity contribution in [3.8, 4) is 5.75 Å². The van der Waals surface area contributed by atoms with Crippen LogP contribution in [0.4, 0.5) is 20.2 Å². The maximum absolute atomic E-state index is 13.3. The summed E-state index contributed by atoms with van der Waals surface area (Å²) in [4.78, 5) is 13.6. The smallest absolute Gasteiger partial charge is 0.270 e. The quantitative estimate of drug-likeness (QED) is 0.491. The largest absolute Gasteiger partial charge is 0.872 e. The third-order valence-electron chi connectivity index (χ3n) is 2.46. The van der Waals surface area contributed by atoms with Gasteiger partial charge >= 0.3 is 0 Å². The van der Waals surface area contributed by atoms with Crippen molar-refractivity contribution in [3.63, 3.8) is 0 Å². The van der Waals surface area contributed by atoms with Crippen molar-refractivity contribution < 1.29 is 18.8 Å². The monoisotopic (exact) mass is 277 g/mol. The molecule has 0 unspecified atom stereocenters. The van der Waals surface area contributed by atoms with Crippen LogP contribution in [-0.4, -0.2) is 11.1 Å². The lowest BCUT2D eigenvalue weighted by Crippen LogP contribution is -1.98. The number of aliphatic imine (C=N–C) groups is 1. The molecule has 2 aromatic carbocycles. The van der Waals surface area contributed by atoms with Crippen LogP contribution in [0.1, 0.15) is 5.56 Å². The first-order valence-corrected chi connectivity index (χ1v) is 5.42. The molecular formula is C13H7F2N2O3-. The molecule has 0 N–H and O–H groups in total. The van der Waals surface area contributed by atoms with E-state index in [-0.39, 0.29) is 16.9 Å². The predicted octanol–water partition coefficient (Wildman–Crippen LogP) is 2.70. The highest BCUT2D eigenvalue weighted by Gasteiger charge is 2.06. The van der Waals surface area contributed by atoms with Gasteiger partial charge in [0.05, 0.1) is 4.92 Å². The number of halogens is 2. The minimum atomic E-state index is -0.763. The van der Waals surface area contributed by atoms with E-state index in [1.807, 2.05) is 0 Å². The molecular weight excluding hydrogens is 270 g/mol. The Morgan fingerprint density at radius 1 is 1.15 bits per heavy atom. The third kappa shape index (κ3) is 2.94. The van der Waals surface area contributed by atoms with Gasteiger partial charge in [-0.2, -0.15) is 0 Å². The molecule has 0 radical (unpaired) electrons. The van der Waals surface area contributed by atoms with Crippen molar-refractivity contribution in [3.05, 3.63) is 63.7 Å². The van der Waals surface area contributed by atoms with Crippen LogP contribution in [0.25, 0.3) is 0 Å². The maximum Gasteiger partial charge on any atom is 0.270 e. The lowest BCUT2D eigenvalue weighted by molar-refractivity contribution is -0.385. The number of nitro benzene ring substituents is 1. The number of benzene rings is 2. The molecule has 5 nitrogen and oxygen atoms in total. The Balaban J connectivity index is 2.38. The van der Waals surface area contributed by atoms with Gasteiger partial charge in [0.15, 0.2) is 0 Å². The van der Waals surface area contributed by atoms with Crippen molar-refractivity contribution in [2.24, 2.45) is 4.99 Å². The molecule has 0 aromatic heterocycles. The molecule has 0 amide bonds. The number of nitrogens with zero attached hydrogens (tertiary/aromatic N) is 2. The van der Waals surface area contributed by atoms with E-state index in [1.54, 1.807) is 0 Å². The van der Waals surface area contributed by atoms with Gasteiger partial charge in [0.25, 0.3) is 5.69 Å². The molecule has 0 bridgehead atoms. The van der Waals surface area contributed by atoms with Gasteiger partial charge in [-0.25, -0.2) is 8.78 Å². The molecule has 0 fully saturated rings. The highest BCUT2D eigenvalue weighted by atomic mass is 19.1. The summed E-state index contributed by atoms with van der Waals surface area (Å²) in [5.74, 6) is -1.95. The lowest BCUT2D eigenvalue weighted by Gasteiger charge is -2.08. The Bertz CT molecular complexity index is 702. The second kappa shape index (κ2) is 5.43. The summed E-state index contributed by atoms with van der Waals surface area (Å²) >= 11 is 0. The number of rotatable bonds is 3. The van der Waals surface area contributed by atoms with E-state index in [1.165, 1.54) is 0 Å². The SMILES string of the molecule is O=[N+]([O-])c1ccc([O-])c(C=Nc2cc(F)ccc2F)c1. The zero-order valence-electron chi connectivity index (χ0n) is 9.92. The summed E-state index contributed by atoms with van der Waals surface area (Å²) in [5.41, 5.74) is -0.662. The molecule has 0 aliphatic heterocycles. The average Bonchev–Trinajstić information content (AvgIpc) is 2.41. The van der Waals surface area contributed by atoms with Crippen LogP contribution in [0.15, 0.2) is 41.4 Å². The highest BCUT2D eigenvalue weighted by Crippen LogP contribution is 2.22. The topological polar surface area (TPSA) is 78.6 Å². The fraction of sp³-hybridized carbons (Fsp3) is 0. The molecule has 2 rings (SSSR count). The molecule has 0 saturated carbocycles. The van der Waals surface area contributed by atoms with Crippen molar-refractivity contribution in [2.75, 3.05) is 0 Å². The molecule has 0 heterocycles. The van der Waals surface area contributed by atoms with Crippen LogP contribution in [0.2, 0.25) is 0 Å². The van der Waals surface area contributed by atoms with Gasteiger partial charge in [-0.1, -0.05) is 11.8 Å². The van der Waals surface area contributed by atoms with Gasteiger partial charge in [0.1, 0.15) is 17.3 Å². The van der Waals surface area contributed by atoms with E-state index in [2.05, 4.69) is 4.99 Å². The molecule has 0 atom stereocenters. The lowest BCUT2D eigenvalue weighted by atomic mass is 10.2. The van der Waals surface area contributed by atoms with Gasteiger partial charge in [-0.3, -0.25) is 15.1 Å². The fourth-order valence-electron chi connectivity index (χ4n) is 1.47. The standard InChI is InChI=1S/C13H8F2N2O3/c14-9-1-3-11(15)12(6-9)16-7-8-5-10(17(19)20)2-4-13(8)18/h1-7,18H/p-1. The molecule has 0 aliphatic carbocycles. The Morgan fingerprint density at radius 3 is 2.60 bits per heavy atom. The summed E-state index contributed by atoms with van der Waals surface area (Å²) in [5, 5.41) is 22.1. The van der Waals surface area contributed by atoms with Gasteiger partial charge in [0.2, 0.25) is 0 Å². The second-order valence-electron chi connectivity index (χ2n) is 3.83. The summed E-state index contributed by atoms with van der Waals surface area (Å²) < 4.78 is 26.2. The summed E-state index contributed by atoms with van der Waals surface area (Å²) in [6, 6.07) is 5.77. The average molecular weight is 277 g/mol. The van der Waals surface area contributed by atoms with E-state index in [4.69, 9.17) is 0 Å². The van der Waals surface area contributed by atoms with Gasteiger partial charge in [0, 0.05) is 24.4 Å². The Labute approximate surface area is 112 Å². The molecule has 7 heteroatoms. The van der Waals surface area contributed by atoms with E-state index >= 15 is 0 Å². The Morgan fingerprint density at radius 2 is 1.90 bits per heavy atom. The molecule has 20 heavy (non-hydrogen) atoms. The minimum Gasteiger partial charge on any atom is -0.872 e. The molecule has 102 valence electrons. The minimum absolute atomic E-state index is 0.0807. The first-order chi connectivity index (χ1) is 9.47. The van der Waals surface area contributed by atoms with E-state index in [9.17, 15) is 24.0 Å². The zero-order valence-corrected chi connectivity index (χ0v) is 9.92. The number of nitro groups is 1. The number of hydrogen-bond donors (Lipinski definition) is 0. The first-order valence-electron chi connectivity index (χ1n) is 5.42. The maximum atomic E-state index is 13.3. The molecule has 0 aliphatic rings. The predicted molar refractivity (Wildman–Crippen MR) is 66.2 cm³/mol. The van der Waals surface area contributed by atoms with Gasteiger partial charge in [-0.15, -0.1) is 0 Å². The second-order valence-corrected chi connectivity index (χ2v) is 3.83. The highest BCUT2D eigenvalue weighted by molar-refractivity contribution is 5.86. The Hall–Kier alpha value is -2.83. The summed E-state index contributed by atoms with van der Waals surface area (Å²) in [6.07, 6.45) is 0.965. The van der Waals surface area contributed by atoms with Crippen molar-refractivity contribution in [2.45, 2.75) is 0 Å². The van der Waals surface area contributed by atoms with Crippen molar-refractivity contribution >= 4 is 17.6 Å². The van der Waals surface area contributed by atoms with Gasteiger partial charge < -0.3 is 5.11 Å². The normalized spacial score (nSPS) is 10.9. The summed E-state index contributed by atoms with van der Waals surface area (Å²) in [6.45, 7) is 0. The van der Waals surface area contributed by atoms with Gasteiger partial charge in [-0.05, 0) is 17.7 Å². The molecule has 2 aromatic rings.